The van der Waals surface area contributed by atoms with Gasteiger partial charge in [-0.1, -0.05) is 0 Å². The lowest BCUT2D eigenvalue weighted by molar-refractivity contribution is -0.103. The van der Waals surface area contributed by atoms with E-state index in [4.69, 9.17) is 9.47 Å². The van der Waals surface area contributed by atoms with Gasteiger partial charge in [-0.2, -0.15) is 0 Å². The van der Waals surface area contributed by atoms with Gasteiger partial charge < -0.3 is 14.5 Å². The lowest BCUT2D eigenvalue weighted by Gasteiger charge is -2.43. The monoisotopic (exact) mass is 305 g/mol. The third kappa shape index (κ3) is 2.82. The maximum atomic E-state index is 6.18. The average Bonchev–Trinajstić information content (AvgIpc) is 3.11. The minimum atomic E-state index is 0.0338. The van der Waals surface area contributed by atoms with Gasteiger partial charge in [-0.05, 0) is 44.4 Å². The molecule has 22 heavy (non-hydrogen) atoms. The van der Waals surface area contributed by atoms with Crippen molar-refractivity contribution in [2.24, 2.45) is 5.92 Å². The zero-order valence-corrected chi connectivity index (χ0v) is 13.5. The first-order valence-electron chi connectivity index (χ1n) is 8.68. The van der Waals surface area contributed by atoms with Crippen LogP contribution in [0.4, 0.5) is 0 Å². The molecule has 0 aromatic carbocycles. The number of likely N-dealkylation sites (tertiary alicyclic amines) is 1. The van der Waals surface area contributed by atoms with Crippen molar-refractivity contribution in [3.8, 4) is 0 Å². The molecule has 5 heteroatoms. The number of hydrogen-bond acceptors (Lipinski definition) is 4. The minimum absolute atomic E-state index is 0.0338. The third-order valence-corrected chi connectivity index (χ3v) is 5.82. The van der Waals surface area contributed by atoms with Gasteiger partial charge in [0.05, 0.1) is 18.2 Å². The standard InChI is InChI=1S/C17H27N3O2/c1-21-17-5-4-14(22-12-13-2-3-13)10-15(17)20(9-6-17)11-16-18-7-8-19-16/h7-8,13-15H,2-6,9-12H2,1H3,(H,18,19)/t14-,15-,17+/m0/s1. The van der Waals surface area contributed by atoms with Crippen molar-refractivity contribution in [2.75, 3.05) is 20.3 Å². The van der Waals surface area contributed by atoms with E-state index < -0.39 is 0 Å². The van der Waals surface area contributed by atoms with Crippen LogP contribution in [0.15, 0.2) is 12.4 Å². The number of imidazole rings is 1. The summed E-state index contributed by atoms with van der Waals surface area (Å²) in [4.78, 5) is 10.1. The highest BCUT2D eigenvalue weighted by Crippen LogP contribution is 2.44. The van der Waals surface area contributed by atoms with E-state index in [0.717, 1.165) is 57.1 Å². The van der Waals surface area contributed by atoms with E-state index in [9.17, 15) is 0 Å². The molecule has 1 aromatic heterocycles. The number of fused-ring (bicyclic) bond motifs is 1. The summed E-state index contributed by atoms with van der Waals surface area (Å²) in [5.41, 5.74) is 0.0338. The highest BCUT2D eigenvalue weighted by Gasteiger charge is 2.51. The molecule has 0 unspecified atom stereocenters. The van der Waals surface area contributed by atoms with Crippen LogP contribution >= 0.6 is 0 Å². The molecule has 0 bridgehead atoms. The lowest BCUT2D eigenvalue weighted by atomic mass is 9.79. The molecule has 3 fully saturated rings. The summed E-state index contributed by atoms with van der Waals surface area (Å²) in [6.45, 7) is 2.95. The number of methoxy groups -OCH3 is 1. The average molecular weight is 305 g/mol. The summed E-state index contributed by atoms with van der Waals surface area (Å²) in [7, 11) is 1.88. The summed E-state index contributed by atoms with van der Waals surface area (Å²) in [5.74, 6) is 1.89. The quantitative estimate of drug-likeness (QED) is 0.876. The van der Waals surface area contributed by atoms with E-state index in [1.54, 1.807) is 0 Å². The fourth-order valence-corrected chi connectivity index (χ4v) is 4.23. The molecule has 1 saturated heterocycles. The summed E-state index contributed by atoms with van der Waals surface area (Å²) in [5, 5.41) is 0. The Kier molecular flexibility index (Phi) is 3.96. The fourth-order valence-electron chi connectivity index (χ4n) is 4.23. The van der Waals surface area contributed by atoms with Crippen molar-refractivity contribution in [2.45, 2.75) is 62.8 Å². The van der Waals surface area contributed by atoms with Crippen LogP contribution in [0.25, 0.3) is 0 Å². The molecular formula is C17H27N3O2. The van der Waals surface area contributed by atoms with Gasteiger partial charge in [0.1, 0.15) is 5.82 Å². The second-order valence-corrected chi connectivity index (χ2v) is 7.21. The SMILES string of the molecule is CO[C@@]12CC[C@H](OCC3CC3)C[C@@H]1N(Cc1ncc[nH]1)CC2. The van der Waals surface area contributed by atoms with Crippen LogP contribution in [0.5, 0.6) is 0 Å². The third-order valence-electron chi connectivity index (χ3n) is 5.82. The van der Waals surface area contributed by atoms with Crippen LogP contribution in [0.2, 0.25) is 0 Å². The first-order chi connectivity index (χ1) is 10.8. The topological polar surface area (TPSA) is 50.4 Å². The highest BCUT2D eigenvalue weighted by molar-refractivity contribution is 5.06. The van der Waals surface area contributed by atoms with Crippen molar-refractivity contribution >= 4 is 0 Å². The van der Waals surface area contributed by atoms with Gasteiger partial charge in [-0.25, -0.2) is 4.98 Å². The summed E-state index contributed by atoms with van der Waals surface area (Å²) < 4.78 is 12.2. The number of aromatic amines is 1. The molecule has 1 aliphatic heterocycles. The maximum Gasteiger partial charge on any atom is 0.120 e. The van der Waals surface area contributed by atoms with Gasteiger partial charge in [0.15, 0.2) is 0 Å². The first kappa shape index (κ1) is 14.7. The van der Waals surface area contributed by atoms with Crippen molar-refractivity contribution in [1.82, 2.24) is 14.9 Å². The molecule has 3 aliphatic rings. The normalized spacial score (nSPS) is 35.7. The Labute approximate surface area is 132 Å². The molecule has 2 saturated carbocycles. The van der Waals surface area contributed by atoms with E-state index in [2.05, 4.69) is 14.9 Å². The van der Waals surface area contributed by atoms with Gasteiger partial charge in [0.2, 0.25) is 0 Å². The molecule has 2 heterocycles. The Balaban J connectivity index is 1.42. The number of ether oxygens (including phenoxy) is 2. The van der Waals surface area contributed by atoms with Gasteiger partial charge in [0, 0.05) is 38.7 Å². The molecule has 0 spiro atoms. The maximum absolute atomic E-state index is 6.18. The largest absolute Gasteiger partial charge is 0.378 e. The van der Waals surface area contributed by atoms with Crippen LogP contribution in [-0.2, 0) is 16.0 Å². The smallest absolute Gasteiger partial charge is 0.120 e. The van der Waals surface area contributed by atoms with Crippen LogP contribution in [0.1, 0.15) is 44.3 Å². The number of H-pyrrole nitrogens is 1. The highest BCUT2D eigenvalue weighted by atomic mass is 16.5. The van der Waals surface area contributed by atoms with Crippen molar-refractivity contribution < 1.29 is 9.47 Å². The van der Waals surface area contributed by atoms with E-state index in [-0.39, 0.29) is 5.60 Å². The molecule has 1 N–H and O–H groups in total. The van der Waals surface area contributed by atoms with Crippen molar-refractivity contribution in [3.05, 3.63) is 18.2 Å². The van der Waals surface area contributed by atoms with Gasteiger partial charge >= 0.3 is 0 Å². The molecule has 1 aromatic rings. The predicted octanol–water partition coefficient (Wildman–Crippen LogP) is 2.35. The number of nitrogens with zero attached hydrogens (tertiary/aromatic N) is 2. The Bertz CT molecular complexity index is 488. The van der Waals surface area contributed by atoms with Crippen LogP contribution in [-0.4, -0.2) is 52.9 Å². The minimum Gasteiger partial charge on any atom is -0.378 e. The Morgan fingerprint density at radius 3 is 3.00 bits per heavy atom. The van der Waals surface area contributed by atoms with Gasteiger partial charge in [-0.3, -0.25) is 4.90 Å². The fraction of sp³-hybridized carbons (Fsp3) is 0.824. The summed E-state index contributed by atoms with van der Waals surface area (Å²) in [6.07, 6.45) is 11.4. The Morgan fingerprint density at radius 2 is 2.27 bits per heavy atom. The molecular weight excluding hydrogens is 278 g/mol. The van der Waals surface area contributed by atoms with Gasteiger partial charge in [0.25, 0.3) is 0 Å². The molecule has 4 rings (SSSR count). The summed E-state index contributed by atoms with van der Waals surface area (Å²) >= 11 is 0. The molecule has 3 atom stereocenters. The van der Waals surface area contributed by atoms with E-state index in [0.29, 0.717) is 12.1 Å². The van der Waals surface area contributed by atoms with E-state index in [1.165, 1.54) is 12.8 Å². The van der Waals surface area contributed by atoms with Crippen LogP contribution in [0, 0.1) is 5.92 Å². The number of rotatable bonds is 6. The zero-order chi connectivity index (χ0) is 15.0. The molecule has 5 nitrogen and oxygen atoms in total. The first-order valence-corrected chi connectivity index (χ1v) is 8.68. The predicted molar refractivity (Wildman–Crippen MR) is 83.5 cm³/mol. The Morgan fingerprint density at radius 1 is 1.36 bits per heavy atom. The van der Waals surface area contributed by atoms with E-state index >= 15 is 0 Å². The van der Waals surface area contributed by atoms with Crippen molar-refractivity contribution in [3.63, 3.8) is 0 Å². The number of hydrogen-bond donors (Lipinski definition) is 1. The number of nitrogens with one attached hydrogen (secondary N) is 1. The Hall–Kier alpha value is -0.910. The van der Waals surface area contributed by atoms with E-state index in [1.807, 2.05) is 19.5 Å². The summed E-state index contributed by atoms with van der Waals surface area (Å²) in [6, 6.07) is 0.459. The molecule has 2 aliphatic carbocycles. The lowest BCUT2D eigenvalue weighted by Crippen LogP contribution is -2.51. The second kappa shape index (κ2) is 5.95. The zero-order valence-electron chi connectivity index (χ0n) is 13.5. The van der Waals surface area contributed by atoms with Crippen LogP contribution in [0.3, 0.4) is 0 Å². The number of aromatic nitrogens is 2. The second-order valence-electron chi connectivity index (χ2n) is 7.21. The molecule has 0 amide bonds. The van der Waals surface area contributed by atoms with Crippen LogP contribution < -0.4 is 0 Å². The molecule has 0 radical (unpaired) electrons. The van der Waals surface area contributed by atoms with Gasteiger partial charge in [-0.15, -0.1) is 0 Å². The van der Waals surface area contributed by atoms with Crippen molar-refractivity contribution in [1.29, 1.82) is 0 Å². The molecule has 122 valence electrons.